The summed E-state index contributed by atoms with van der Waals surface area (Å²) in [5.41, 5.74) is 15.9. The first kappa shape index (κ1) is 30.4. The smallest absolute Gasteiger partial charge is 0.328 e. The summed E-state index contributed by atoms with van der Waals surface area (Å²) < 4.78 is 0. The zero-order valence-electron chi connectivity index (χ0n) is 25.1. The van der Waals surface area contributed by atoms with Crippen LogP contribution in [0.2, 0.25) is 0 Å². The molecule has 1 aliphatic carbocycles. The van der Waals surface area contributed by atoms with E-state index in [9.17, 15) is 9.90 Å². The van der Waals surface area contributed by atoms with Gasteiger partial charge >= 0.3 is 5.97 Å². The van der Waals surface area contributed by atoms with Crippen LogP contribution in [0.3, 0.4) is 0 Å². The van der Waals surface area contributed by atoms with Gasteiger partial charge in [-0.3, -0.25) is 4.99 Å². The fraction of sp³-hybridized carbons (Fsp3) is 0.429. The number of nitrogens with one attached hydrogen (secondary N) is 2. The van der Waals surface area contributed by atoms with E-state index in [0.717, 1.165) is 49.9 Å². The number of benzene rings is 2. The standard InChI is InChI=1S/C35H45N6O2/c1-2-3-10-27(36)11-6-12-28-26(15-14-25-19-23-8-4-5-9-24(23)20-29(25)28)21-32(40-33-13-7-17-38-33)30(22-34(42)43)31-16-18-39-35(37)41-31/h4-5,7-9,13-15,17,19-20,22,26-28,31-32,38H,2-3,6,10-12,16,18,21,36H2,1H3,(H,42,43)(H3,37,39,41)/q-1/b30-22+/t26-,27-,28-,31+,32+/m0/s1. The van der Waals surface area contributed by atoms with E-state index in [1.807, 2.05) is 18.3 Å². The van der Waals surface area contributed by atoms with Gasteiger partial charge in [0.15, 0.2) is 5.96 Å². The number of guanidine groups is 1. The van der Waals surface area contributed by atoms with Gasteiger partial charge in [0, 0.05) is 18.7 Å². The van der Waals surface area contributed by atoms with Gasteiger partial charge in [-0.1, -0.05) is 92.8 Å². The lowest BCUT2D eigenvalue weighted by atomic mass is 9.72. The van der Waals surface area contributed by atoms with Crippen LogP contribution in [0, 0.1) is 5.92 Å². The van der Waals surface area contributed by atoms with Gasteiger partial charge in [0.05, 0.1) is 6.04 Å². The number of nitrogens with two attached hydrogens (primary N) is 2. The maximum atomic E-state index is 12.1. The molecule has 1 aromatic heterocycles. The van der Waals surface area contributed by atoms with Crippen LogP contribution in [0.15, 0.2) is 77.4 Å². The van der Waals surface area contributed by atoms with Gasteiger partial charge in [-0.2, -0.15) is 0 Å². The van der Waals surface area contributed by atoms with Crippen LogP contribution >= 0.6 is 0 Å². The Balaban J connectivity index is 1.47. The minimum Gasteiger partial charge on any atom is -0.478 e. The zero-order valence-corrected chi connectivity index (χ0v) is 25.1. The van der Waals surface area contributed by atoms with Crippen LogP contribution in [0.1, 0.15) is 75.3 Å². The number of aliphatic imine (C=N–C) groups is 1. The van der Waals surface area contributed by atoms with Crippen molar-refractivity contribution in [2.24, 2.45) is 22.4 Å². The van der Waals surface area contributed by atoms with Crippen molar-refractivity contribution in [3.63, 3.8) is 0 Å². The first-order valence-electron chi connectivity index (χ1n) is 15.7. The van der Waals surface area contributed by atoms with E-state index >= 15 is 0 Å². The highest BCUT2D eigenvalue weighted by Gasteiger charge is 2.31. The van der Waals surface area contributed by atoms with Crippen LogP contribution in [-0.4, -0.2) is 46.7 Å². The van der Waals surface area contributed by atoms with E-state index in [-0.39, 0.29) is 30.0 Å². The second-order valence-electron chi connectivity index (χ2n) is 12.0. The highest BCUT2D eigenvalue weighted by molar-refractivity contribution is 5.87. The van der Waals surface area contributed by atoms with E-state index < -0.39 is 5.97 Å². The molecule has 2 aromatic carbocycles. The van der Waals surface area contributed by atoms with Crippen LogP contribution in [0.5, 0.6) is 0 Å². The first-order chi connectivity index (χ1) is 20.9. The largest absolute Gasteiger partial charge is 0.478 e. The number of hydrogen-bond acceptors (Lipinski definition) is 5. The number of carbonyl (C=O) groups is 1. The molecule has 1 aliphatic heterocycles. The maximum Gasteiger partial charge on any atom is 0.328 e. The van der Waals surface area contributed by atoms with Crippen LogP contribution in [-0.2, 0) is 4.79 Å². The van der Waals surface area contributed by atoms with Gasteiger partial charge in [-0.15, -0.1) is 0 Å². The molecule has 0 amide bonds. The predicted molar refractivity (Wildman–Crippen MR) is 177 cm³/mol. The highest BCUT2D eigenvalue weighted by atomic mass is 16.4. The molecule has 8 nitrogen and oxygen atoms in total. The van der Waals surface area contributed by atoms with Crippen LogP contribution in [0.25, 0.3) is 22.2 Å². The van der Waals surface area contributed by atoms with Crippen molar-refractivity contribution >= 4 is 34.6 Å². The molecule has 3 aromatic rings. The van der Waals surface area contributed by atoms with E-state index in [2.05, 4.69) is 70.8 Å². The number of rotatable bonds is 14. The molecule has 7 N–H and O–H groups in total. The normalized spacial score (nSPS) is 21.5. The molecule has 2 heterocycles. The number of hydrogen-bond donors (Lipinski definition) is 5. The fourth-order valence-corrected chi connectivity index (χ4v) is 6.68. The quantitative estimate of drug-likeness (QED) is 0.134. The van der Waals surface area contributed by atoms with Gasteiger partial charge in [0.2, 0.25) is 0 Å². The molecule has 0 radical (unpaired) electrons. The third kappa shape index (κ3) is 7.87. The summed E-state index contributed by atoms with van der Waals surface area (Å²) in [5, 5.41) is 20.7. The summed E-state index contributed by atoms with van der Waals surface area (Å²) in [7, 11) is 0. The Morgan fingerprint density at radius 2 is 1.95 bits per heavy atom. The molecule has 5 atom stereocenters. The maximum absolute atomic E-state index is 12.1. The number of fused-ring (bicyclic) bond motifs is 2. The predicted octanol–water partition coefficient (Wildman–Crippen LogP) is 6.73. The fourth-order valence-electron chi connectivity index (χ4n) is 6.68. The van der Waals surface area contributed by atoms with E-state index in [4.69, 9.17) is 16.8 Å². The van der Waals surface area contributed by atoms with Crippen molar-refractivity contribution < 1.29 is 9.90 Å². The van der Waals surface area contributed by atoms with Crippen molar-refractivity contribution in [2.45, 2.75) is 82.3 Å². The van der Waals surface area contributed by atoms with E-state index in [1.54, 1.807) is 0 Å². The van der Waals surface area contributed by atoms with Crippen molar-refractivity contribution in [1.29, 1.82) is 0 Å². The monoisotopic (exact) mass is 581 g/mol. The summed E-state index contributed by atoms with van der Waals surface area (Å²) in [6, 6.07) is 16.6. The third-order valence-corrected chi connectivity index (χ3v) is 8.88. The Labute approximate surface area is 254 Å². The molecule has 5 rings (SSSR count). The summed E-state index contributed by atoms with van der Waals surface area (Å²) in [6.45, 7) is 2.75. The lowest BCUT2D eigenvalue weighted by molar-refractivity contribution is -0.131. The van der Waals surface area contributed by atoms with Crippen molar-refractivity contribution in [1.82, 2.24) is 10.3 Å². The average molecular weight is 582 g/mol. The van der Waals surface area contributed by atoms with Gasteiger partial charge in [0.25, 0.3) is 0 Å². The zero-order chi connectivity index (χ0) is 30.2. The molecular formula is C35H45N6O2-. The second-order valence-corrected chi connectivity index (χ2v) is 12.0. The topological polar surface area (TPSA) is 144 Å². The van der Waals surface area contributed by atoms with Crippen molar-refractivity contribution in [3.8, 4) is 0 Å². The number of carboxylic acid groups (broad SMARTS) is 1. The first-order valence-corrected chi connectivity index (χ1v) is 15.7. The van der Waals surface area contributed by atoms with Crippen molar-refractivity contribution in [3.05, 3.63) is 88.9 Å². The summed E-state index contributed by atoms with van der Waals surface area (Å²) >= 11 is 0. The minimum absolute atomic E-state index is 0.163. The summed E-state index contributed by atoms with van der Waals surface area (Å²) in [5.74, 6) is 0.501. The molecular weight excluding hydrogens is 536 g/mol. The van der Waals surface area contributed by atoms with Gasteiger partial charge in [-0.05, 0) is 83.5 Å². The SMILES string of the molecule is CCCC[C@H](N)CCC[C@@H]1c2cc3ccccc3cc2C=C[C@H]1C[C@@H]([N-]c1ccc[nH]1)/C(=C/C(=O)O)[C@H]1CCN=C(N)N1. The Morgan fingerprint density at radius 3 is 2.67 bits per heavy atom. The molecule has 0 unspecified atom stereocenters. The number of carboxylic acids is 1. The van der Waals surface area contributed by atoms with Crippen LogP contribution < -0.4 is 16.8 Å². The van der Waals surface area contributed by atoms with E-state index in [1.165, 1.54) is 28.0 Å². The number of H-pyrrole nitrogens is 1. The number of aromatic nitrogens is 1. The lowest BCUT2D eigenvalue weighted by Gasteiger charge is -2.39. The molecule has 8 heteroatoms. The molecule has 2 aliphatic rings. The Kier molecular flexibility index (Phi) is 10.2. The Bertz CT molecular complexity index is 1460. The Morgan fingerprint density at radius 1 is 1.16 bits per heavy atom. The number of unbranched alkanes of at least 4 members (excludes halogenated alkanes) is 1. The number of allylic oxidation sites excluding steroid dienone is 1. The van der Waals surface area contributed by atoms with Gasteiger partial charge in [0.1, 0.15) is 0 Å². The van der Waals surface area contributed by atoms with Gasteiger partial charge in [-0.25, -0.2) is 4.79 Å². The Hall–Kier alpha value is -4.04. The number of nitrogens with zero attached hydrogens (tertiary/aromatic N) is 2. The van der Waals surface area contributed by atoms with Crippen molar-refractivity contribution in [2.75, 3.05) is 6.54 Å². The number of aromatic amines is 1. The summed E-state index contributed by atoms with van der Waals surface area (Å²) in [6.07, 6.45) is 15.5. The molecule has 43 heavy (non-hydrogen) atoms. The lowest BCUT2D eigenvalue weighted by Crippen LogP contribution is -2.47. The molecule has 0 bridgehead atoms. The third-order valence-electron chi connectivity index (χ3n) is 8.88. The second kappa shape index (κ2) is 14.4. The minimum atomic E-state index is -0.988. The highest BCUT2D eigenvalue weighted by Crippen LogP contribution is 2.44. The van der Waals surface area contributed by atoms with Crippen LogP contribution in [0.4, 0.5) is 5.82 Å². The molecule has 228 valence electrons. The molecule has 0 spiro atoms. The molecule has 0 saturated carbocycles. The number of aliphatic carboxylic acids is 1. The summed E-state index contributed by atoms with van der Waals surface area (Å²) in [4.78, 5) is 19.6. The molecule has 0 fully saturated rings. The average Bonchev–Trinajstić information content (AvgIpc) is 3.51. The molecule has 0 saturated heterocycles. The van der Waals surface area contributed by atoms with Gasteiger partial charge < -0.3 is 32.2 Å². The van der Waals surface area contributed by atoms with E-state index in [0.29, 0.717) is 25.3 Å².